The first kappa shape index (κ1) is 12.4. The van der Waals surface area contributed by atoms with E-state index in [0.717, 1.165) is 5.69 Å². The lowest BCUT2D eigenvalue weighted by molar-refractivity contribution is -0.121. The highest BCUT2D eigenvalue weighted by Crippen LogP contribution is 2.09. The van der Waals surface area contributed by atoms with Gasteiger partial charge < -0.3 is 9.72 Å². The van der Waals surface area contributed by atoms with Gasteiger partial charge in [-0.2, -0.15) is 0 Å². The summed E-state index contributed by atoms with van der Waals surface area (Å²) < 4.78 is 18.0. The van der Waals surface area contributed by atoms with Crippen LogP contribution in [-0.2, 0) is 11.2 Å². The van der Waals surface area contributed by atoms with Crippen LogP contribution in [0.4, 0.5) is 4.39 Å². The van der Waals surface area contributed by atoms with E-state index in [4.69, 9.17) is 4.74 Å². The Morgan fingerprint density at radius 1 is 1.28 bits per heavy atom. The molecule has 0 unspecified atom stereocenters. The van der Waals surface area contributed by atoms with E-state index >= 15 is 0 Å². The zero-order valence-electron chi connectivity index (χ0n) is 9.86. The monoisotopic (exact) mass is 247 g/mol. The van der Waals surface area contributed by atoms with Crippen LogP contribution in [0.15, 0.2) is 42.6 Å². The van der Waals surface area contributed by atoms with Gasteiger partial charge in [-0.3, -0.25) is 4.79 Å². The number of aryl methyl sites for hydroxylation is 1. The van der Waals surface area contributed by atoms with Crippen molar-refractivity contribution in [1.82, 2.24) is 4.98 Å². The van der Waals surface area contributed by atoms with Gasteiger partial charge in [-0.05, 0) is 24.6 Å². The molecule has 0 fully saturated rings. The maximum absolute atomic E-state index is 12.7. The molecule has 0 spiro atoms. The van der Waals surface area contributed by atoms with Crippen molar-refractivity contribution in [2.75, 3.05) is 6.61 Å². The maximum Gasteiger partial charge on any atom is 0.170 e. The predicted octanol–water partition coefficient (Wildman–Crippen LogP) is 2.73. The number of hydrogen-bond donors (Lipinski definition) is 1. The summed E-state index contributed by atoms with van der Waals surface area (Å²) in [5.41, 5.74) is 0.723. The Kier molecular flexibility index (Phi) is 4.12. The second-order valence-corrected chi connectivity index (χ2v) is 3.98. The minimum Gasteiger partial charge on any atom is -0.486 e. The van der Waals surface area contributed by atoms with Gasteiger partial charge in [-0.15, -0.1) is 0 Å². The summed E-state index contributed by atoms with van der Waals surface area (Å²) in [4.78, 5) is 14.3. The van der Waals surface area contributed by atoms with Gasteiger partial charge in [0.2, 0.25) is 0 Å². The highest BCUT2D eigenvalue weighted by molar-refractivity contribution is 5.80. The number of aromatic amines is 1. The first-order valence-corrected chi connectivity index (χ1v) is 5.76. The Hall–Kier alpha value is -2.10. The highest BCUT2D eigenvalue weighted by Gasteiger charge is 2.05. The number of para-hydroxylation sites is 1. The standard InChI is InChI=1S/C14H14FNO2/c15-11-8-12(16-9-11)6-7-13(17)10-18-14-4-2-1-3-5-14/h1-5,8-9,16H,6-7,10H2. The normalized spacial score (nSPS) is 10.3. The molecule has 4 heteroatoms. The second kappa shape index (κ2) is 6.00. The smallest absolute Gasteiger partial charge is 0.170 e. The van der Waals surface area contributed by atoms with Gasteiger partial charge in [0.05, 0.1) is 0 Å². The molecule has 0 aliphatic carbocycles. The molecular formula is C14H14FNO2. The maximum atomic E-state index is 12.7. The lowest BCUT2D eigenvalue weighted by Gasteiger charge is -2.04. The number of nitrogens with one attached hydrogen (secondary N) is 1. The molecule has 0 saturated heterocycles. The van der Waals surface area contributed by atoms with Crippen LogP contribution in [-0.4, -0.2) is 17.4 Å². The van der Waals surface area contributed by atoms with Crippen LogP contribution in [0.1, 0.15) is 12.1 Å². The van der Waals surface area contributed by atoms with Crippen molar-refractivity contribution in [1.29, 1.82) is 0 Å². The fraction of sp³-hybridized carbons (Fsp3) is 0.214. The third-order valence-electron chi connectivity index (χ3n) is 2.52. The molecule has 0 amide bonds. The molecule has 1 aromatic carbocycles. The molecule has 18 heavy (non-hydrogen) atoms. The molecule has 0 atom stereocenters. The lowest BCUT2D eigenvalue weighted by Crippen LogP contribution is -2.12. The van der Waals surface area contributed by atoms with Gasteiger partial charge in [0.1, 0.15) is 18.2 Å². The van der Waals surface area contributed by atoms with Crippen molar-refractivity contribution in [2.45, 2.75) is 12.8 Å². The van der Waals surface area contributed by atoms with Crippen molar-refractivity contribution in [3.8, 4) is 5.75 Å². The van der Waals surface area contributed by atoms with Crippen molar-refractivity contribution < 1.29 is 13.9 Å². The van der Waals surface area contributed by atoms with Crippen LogP contribution in [0, 0.1) is 5.82 Å². The molecule has 0 saturated carbocycles. The van der Waals surface area contributed by atoms with Crippen LogP contribution in [0.2, 0.25) is 0 Å². The molecular weight excluding hydrogens is 233 g/mol. The van der Waals surface area contributed by atoms with Crippen molar-refractivity contribution in [3.63, 3.8) is 0 Å². The Morgan fingerprint density at radius 3 is 2.72 bits per heavy atom. The number of Topliss-reactive ketones (excluding diaryl/α,β-unsaturated/α-hetero) is 1. The molecule has 0 aliphatic rings. The zero-order chi connectivity index (χ0) is 12.8. The van der Waals surface area contributed by atoms with Gasteiger partial charge in [0.15, 0.2) is 5.78 Å². The Morgan fingerprint density at radius 2 is 2.06 bits per heavy atom. The zero-order valence-corrected chi connectivity index (χ0v) is 9.86. The van der Waals surface area contributed by atoms with E-state index < -0.39 is 0 Å². The summed E-state index contributed by atoms with van der Waals surface area (Å²) in [6.07, 6.45) is 2.12. The topological polar surface area (TPSA) is 42.1 Å². The summed E-state index contributed by atoms with van der Waals surface area (Å²) in [7, 11) is 0. The number of halogens is 1. The quantitative estimate of drug-likeness (QED) is 0.852. The van der Waals surface area contributed by atoms with Crippen molar-refractivity contribution in [3.05, 3.63) is 54.1 Å². The molecule has 0 aliphatic heterocycles. The van der Waals surface area contributed by atoms with Gasteiger partial charge in [0.25, 0.3) is 0 Å². The van der Waals surface area contributed by atoms with E-state index in [9.17, 15) is 9.18 Å². The van der Waals surface area contributed by atoms with Crippen LogP contribution < -0.4 is 4.74 Å². The van der Waals surface area contributed by atoms with Crippen LogP contribution in [0.5, 0.6) is 5.75 Å². The predicted molar refractivity (Wildman–Crippen MR) is 66.0 cm³/mol. The number of benzene rings is 1. The van der Waals surface area contributed by atoms with Gasteiger partial charge in [0, 0.05) is 18.3 Å². The molecule has 3 nitrogen and oxygen atoms in total. The number of aromatic nitrogens is 1. The first-order chi connectivity index (χ1) is 8.74. The lowest BCUT2D eigenvalue weighted by atomic mass is 10.2. The summed E-state index contributed by atoms with van der Waals surface area (Å²) in [6, 6.07) is 10.6. The average Bonchev–Trinajstić information content (AvgIpc) is 2.81. The average molecular weight is 247 g/mol. The third-order valence-corrected chi connectivity index (χ3v) is 2.52. The summed E-state index contributed by atoms with van der Waals surface area (Å²) in [6.45, 7) is 0.0488. The Balaban J connectivity index is 1.73. The number of H-pyrrole nitrogens is 1. The number of ether oxygens (including phenoxy) is 1. The van der Waals surface area contributed by atoms with E-state index in [1.54, 1.807) is 12.1 Å². The number of ketones is 1. The minimum atomic E-state index is -0.307. The molecule has 1 heterocycles. The van der Waals surface area contributed by atoms with E-state index in [1.807, 2.05) is 18.2 Å². The SMILES string of the molecule is O=C(CCc1cc(F)c[nH]1)COc1ccccc1. The van der Waals surface area contributed by atoms with Crippen LogP contribution >= 0.6 is 0 Å². The largest absolute Gasteiger partial charge is 0.486 e. The molecule has 0 bridgehead atoms. The molecule has 0 radical (unpaired) electrons. The fourth-order valence-corrected chi connectivity index (χ4v) is 1.58. The van der Waals surface area contributed by atoms with E-state index in [1.165, 1.54) is 12.3 Å². The van der Waals surface area contributed by atoms with E-state index in [2.05, 4.69) is 4.98 Å². The van der Waals surface area contributed by atoms with Gasteiger partial charge in [-0.25, -0.2) is 4.39 Å². The summed E-state index contributed by atoms with van der Waals surface area (Å²) in [5.74, 6) is 0.364. The molecule has 1 N–H and O–H groups in total. The second-order valence-electron chi connectivity index (χ2n) is 3.98. The summed E-state index contributed by atoms with van der Waals surface area (Å²) >= 11 is 0. The van der Waals surface area contributed by atoms with Gasteiger partial charge >= 0.3 is 0 Å². The number of carbonyl (C=O) groups is 1. The van der Waals surface area contributed by atoms with Crippen molar-refractivity contribution >= 4 is 5.78 Å². The Labute approximate surface area is 105 Å². The van der Waals surface area contributed by atoms with E-state index in [-0.39, 0.29) is 18.2 Å². The number of rotatable bonds is 6. The molecule has 2 aromatic rings. The van der Waals surface area contributed by atoms with Gasteiger partial charge in [-0.1, -0.05) is 18.2 Å². The highest BCUT2D eigenvalue weighted by atomic mass is 19.1. The fourth-order valence-electron chi connectivity index (χ4n) is 1.58. The summed E-state index contributed by atoms with van der Waals surface area (Å²) in [5, 5.41) is 0. The number of hydrogen-bond acceptors (Lipinski definition) is 2. The minimum absolute atomic E-state index is 0.00568. The molecule has 94 valence electrons. The Bertz CT molecular complexity index is 508. The number of carbonyl (C=O) groups excluding carboxylic acids is 1. The van der Waals surface area contributed by atoms with Crippen LogP contribution in [0.3, 0.4) is 0 Å². The molecule has 2 rings (SSSR count). The molecule has 1 aromatic heterocycles. The van der Waals surface area contributed by atoms with Crippen LogP contribution in [0.25, 0.3) is 0 Å². The van der Waals surface area contributed by atoms with E-state index in [0.29, 0.717) is 18.6 Å². The van der Waals surface area contributed by atoms with Crippen molar-refractivity contribution in [2.24, 2.45) is 0 Å². The third kappa shape index (κ3) is 3.73. The first-order valence-electron chi connectivity index (χ1n) is 5.76.